The molecule has 37 heavy (non-hydrogen) atoms. The highest BCUT2D eigenvalue weighted by atomic mass is 32.2. The van der Waals surface area contributed by atoms with Crippen LogP contribution >= 0.6 is 11.8 Å². The van der Waals surface area contributed by atoms with Gasteiger partial charge in [0.05, 0.1) is 11.4 Å². The minimum Gasteiger partial charge on any atom is -0.444 e. The van der Waals surface area contributed by atoms with Gasteiger partial charge in [-0.25, -0.2) is 9.78 Å². The highest BCUT2D eigenvalue weighted by molar-refractivity contribution is 8.01. The Morgan fingerprint density at radius 2 is 2.14 bits per heavy atom. The number of amides is 1. The Morgan fingerprint density at radius 1 is 1.38 bits per heavy atom. The molecule has 2 aromatic rings. The minimum absolute atomic E-state index is 0.0716. The molecule has 0 aliphatic carbocycles. The van der Waals surface area contributed by atoms with Crippen molar-refractivity contribution < 1.29 is 14.3 Å². The molecular formula is C27H43N5O3SSi. The van der Waals surface area contributed by atoms with Gasteiger partial charge in [0.2, 0.25) is 0 Å². The SMILES string of the molecule is C=N/C(=C\SC)c1cnc2c(ccn2COCC[Si](C)(C)C)c1N[C@@H]1CCCN(C(=O)OC(C)(C)C)C1. The zero-order valence-electron chi connectivity index (χ0n) is 23.5. The summed E-state index contributed by atoms with van der Waals surface area (Å²) >= 11 is 1.58. The number of pyridine rings is 1. The van der Waals surface area contributed by atoms with Crippen LogP contribution in [0.15, 0.2) is 28.9 Å². The molecule has 1 aliphatic rings. The van der Waals surface area contributed by atoms with Gasteiger partial charge in [-0.1, -0.05) is 19.6 Å². The summed E-state index contributed by atoms with van der Waals surface area (Å²) in [6.45, 7) is 19.0. The molecule has 10 heteroatoms. The van der Waals surface area contributed by atoms with Gasteiger partial charge in [0.25, 0.3) is 0 Å². The second kappa shape index (κ2) is 12.5. The molecule has 1 atom stereocenters. The van der Waals surface area contributed by atoms with E-state index < -0.39 is 13.7 Å². The number of carbonyl (C=O) groups is 1. The van der Waals surface area contributed by atoms with Gasteiger partial charge in [-0.05, 0) is 64.1 Å². The molecule has 0 saturated carbocycles. The van der Waals surface area contributed by atoms with E-state index in [9.17, 15) is 4.79 Å². The average Bonchev–Trinajstić information content (AvgIpc) is 3.23. The molecule has 0 spiro atoms. The molecular weight excluding hydrogens is 502 g/mol. The van der Waals surface area contributed by atoms with Crippen LogP contribution in [0.5, 0.6) is 0 Å². The Labute approximate surface area is 226 Å². The van der Waals surface area contributed by atoms with Gasteiger partial charge >= 0.3 is 6.09 Å². The van der Waals surface area contributed by atoms with Crippen molar-refractivity contribution in [3.8, 4) is 0 Å². The second-order valence-corrected chi connectivity index (χ2v) is 18.1. The number of nitrogens with zero attached hydrogens (tertiary/aromatic N) is 4. The van der Waals surface area contributed by atoms with E-state index in [2.05, 4.69) is 42.7 Å². The highest BCUT2D eigenvalue weighted by Gasteiger charge is 2.29. The lowest BCUT2D eigenvalue weighted by Crippen LogP contribution is -2.47. The molecule has 0 radical (unpaired) electrons. The number of hydrogen-bond donors (Lipinski definition) is 1. The summed E-state index contributed by atoms with van der Waals surface area (Å²) in [4.78, 5) is 23.6. The first-order valence-electron chi connectivity index (χ1n) is 12.9. The molecule has 0 bridgehead atoms. The second-order valence-electron chi connectivity index (χ2n) is 11.7. The largest absolute Gasteiger partial charge is 0.444 e. The maximum Gasteiger partial charge on any atom is 0.410 e. The van der Waals surface area contributed by atoms with Gasteiger partial charge in [0.15, 0.2) is 0 Å². The smallest absolute Gasteiger partial charge is 0.410 e. The zero-order valence-corrected chi connectivity index (χ0v) is 25.3. The van der Waals surface area contributed by atoms with Crippen molar-refractivity contribution in [2.24, 2.45) is 4.99 Å². The van der Waals surface area contributed by atoms with Crippen molar-refractivity contribution in [2.75, 3.05) is 31.3 Å². The lowest BCUT2D eigenvalue weighted by atomic mass is 10.0. The molecule has 1 saturated heterocycles. The third-order valence-electron chi connectivity index (χ3n) is 6.11. The molecule has 204 valence electrons. The molecule has 1 amide bonds. The Hall–Kier alpha value is -2.30. The van der Waals surface area contributed by atoms with Crippen molar-refractivity contribution in [3.63, 3.8) is 0 Å². The van der Waals surface area contributed by atoms with Crippen LogP contribution in [0.2, 0.25) is 25.7 Å². The van der Waals surface area contributed by atoms with Crippen LogP contribution in [0.3, 0.4) is 0 Å². The van der Waals surface area contributed by atoms with E-state index in [0.717, 1.165) is 53.5 Å². The van der Waals surface area contributed by atoms with E-state index in [-0.39, 0.29) is 12.1 Å². The van der Waals surface area contributed by atoms with Gasteiger partial charge in [-0.2, -0.15) is 0 Å². The van der Waals surface area contributed by atoms with Crippen LogP contribution in [0, 0.1) is 0 Å². The highest BCUT2D eigenvalue weighted by Crippen LogP contribution is 2.34. The number of carbonyl (C=O) groups excluding carboxylic acids is 1. The van der Waals surface area contributed by atoms with Crippen LogP contribution in [-0.2, 0) is 16.2 Å². The van der Waals surface area contributed by atoms with Crippen molar-refractivity contribution in [2.45, 2.75) is 77.7 Å². The minimum atomic E-state index is -1.15. The van der Waals surface area contributed by atoms with E-state index in [1.807, 2.05) is 49.4 Å². The Kier molecular flexibility index (Phi) is 9.88. The summed E-state index contributed by atoms with van der Waals surface area (Å²) in [5.74, 6) is 0. The number of aliphatic imine (C=N–C) groups is 1. The number of rotatable bonds is 10. The first kappa shape index (κ1) is 29.3. The van der Waals surface area contributed by atoms with E-state index in [1.54, 1.807) is 16.7 Å². The van der Waals surface area contributed by atoms with Crippen molar-refractivity contribution in [1.29, 1.82) is 0 Å². The number of likely N-dealkylation sites (tertiary alicyclic amines) is 1. The summed E-state index contributed by atoms with van der Waals surface area (Å²) in [5, 5.41) is 6.71. The van der Waals surface area contributed by atoms with Gasteiger partial charge in [-0.3, -0.25) is 4.99 Å². The molecule has 1 fully saturated rings. The van der Waals surface area contributed by atoms with E-state index in [1.165, 1.54) is 0 Å². The van der Waals surface area contributed by atoms with E-state index >= 15 is 0 Å². The number of nitrogens with one attached hydrogen (secondary N) is 1. The molecule has 0 aromatic carbocycles. The number of anilines is 1. The topological polar surface area (TPSA) is 81.0 Å². The summed E-state index contributed by atoms with van der Waals surface area (Å²) < 4.78 is 13.7. The van der Waals surface area contributed by atoms with Crippen LogP contribution in [-0.4, -0.2) is 72.9 Å². The third-order valence-corrected chi connectivity index (χ3v) is 8.28. The predicted molar refractivity (Wildman–Crippen MR) is 159 cm³/mol. The van der Waals surface area contributed by atoms with Gasteiger partial charge < -0.3 is 24.3 Å². The van der Waals surface area contributed by atoms with E-state index in [0.29, 0.717) is 19.8 Å². The maximum absolute atomic E-state index is 12.7. The van der Waals surface area contributed by atoms with Gasteiger partial charge in [0.1, 0.15) is 18.0 Å². The van der Waals surface area contributed by atoms with Crippen LogP contribution in [0.1, 0.15) is 39.2 Å². The number of aromatic nitrogens is 2. The van der Waals surface area contributed by atoms with Crippen LogP contribution < -0.4 is 5.32 Å². The molecule has 3 rings (SSSR count). The fraction of sp³-hybridized carbons (Fsp3) is 0.593. The number of thioether (sulfide) groups is 1. The number of hydrogen-bond acceptors (Lipinski definition) is 7. The van der Waals surface area contributed by atoms with Crippen LogP contribution in [0.4, 0.5) is 10.5 Å². The fourth-order valence-corrected chi connectivity index (χ4v) is 5.40. The first-order valence-corrected chi connectivity index (χ1v) is 17.9. The molecule has 1 N–H and O–H groups in total. The third kappa shape index (κ3) is 8.34. The number of fused-ring (bicyclic) bond motifs is 1. The van der Waals surface area contributed by atoms with Crippen molar-refractivity contribution in [1.82, 2.24) is 14.5 Å². The molecule has 1 aliphatic heterocycles. The first-order chi connectivity index (χ1) is 17.4. The van der Waals surface area contributed by atoms with Crippen molar-refractivity contribution >= 4 is 55.1 Å². The maximum atomic E-state index is 12.7. The molecule has 3 heterocycles. The van der Waals surface area contributed by atoms with Crippen LogP contribution in [0.25, 0.3) is 16.7 Å². The normalized spacial score (nSPS) is 17.2. The standard InChI is InChI=1S/C27H43N5O3SSi/c1-27(2,3)35-26(33)31-12-9-10-20(17-31)30-24-21-11-13-32(19-34-14-15-37(6,7)8)25(21)29-16-22(24)23(28-4)18-36-5/h11,13,16,18,20H,4,9-10,12,14-15,17,19H2,1-3,5-8H3,(H,29,30)/b23-18-/t20-/m1/s1. The molecule has 0 unspecified atom stereocenters. The lowest BCUT2D eigenvalue weighted by Gasteiger charge is -2.35. The summed E-state index contributed by atoms with van der Waals surface area (Å²) in [6.07, 6.45) is 7.46. The zero-order chi connectivity index (χ0) is 27.2. The summed E-state index contributed by atoms with van der Waals surface area (Å²) in [7, 11) is -1.15. The Morgan fingerprint density at radius 3 is 2.78 bits per heavy atom. The molecule has 2 aromatic heterocycles. The predicted octanol–water partition coefficient (Wildman–Crippen LogP) is 6.52. The summed E-state index contributed by atoms with van der Waals surface area (Å²) in [6, 6.07) is 3.27. The summed E-state index contributed by atoms with van der Waals surface area (Å²) in [5.41, 5.74) is 2.95. The Bertz CT molecular complexity index is 1120. The number of ether oxygens (including phenoxy) is 2. The van der Waals surface area contributed by atoms with E-state index in [4.69, 9.17) is 14.5 Å². The monoisotopic (exact) mass is 545 g/mol. The average molecular weight is 546 g/mol. The van der Waals surface area contributed by atoms with Gasteiger partial charge in [0, 0.05) is 57.2 Å². The van der Waals surface area contributed by atoms with Gasteiger partial charge in [-0.15, -0.1) is 11.8 Å². The number of piperidine rings is 1. The molecule has 8 nitrogen and oxygen atoms in total. The van der Waals surface area contributed by atoms with Crippen molar-refractivity contribution in [3.05, 3.63) is 29.4 Å². The lowest BCUT2D eigenvalue weighted by molar-refractivity contribution is 0.0206. The Balaban J connectivity index is 1.88. The fourth-order valence-electron chi connectivity index (χ4n) is 4.22. The quantitative estimate of drug-likeness (QED) is 0.208.